The average Bonchev–Trinajstić information content (AvgIpc) is 2.48. The fraction of sp³-hybridized carbons (Fsp3) is 0.133. The number of hydrogen-bond acceptors (Lipinski definition) is 4. The minimum Gasteiger partial charge on any atom is -0.399 e. The summed E-state index contributed by atoms with van der Waals surface area (Å²) < 4.78 is 26.6. The molecule has 0 fully saturated rings. The normalized spacial score (nSPS) is 10.9. The average molecular weight is 301 g/mol. The van der Waals surface area contributed by atoms with Crippen molar-refractivity contribution in [1.29, 1.82) is 5.26 Å². The van der Waals surface area contributed by atoms with E-state index in [-0.39, 0.29) is 4.90 Å². The summed E-state index contributed by atoms with van der Waals surface area (Å²) in [6.07, 6.45) is 0. The first-order valence-corrected chi connectivity index (χ1v) is 7.66. The number of hydrogen-bond donors (Lipinski definition) is 1. The second-order valence-electron chi connectivity index (χ2n) is 4.63. The molecule has 0 radical (unpaired) electrons. The highest BCUT2D eigenvalue weighted by molar-refractivity contribution is 7.92. The Bertz CT molecular complexity index is 823. The molecule has 5 nitrogen and oxygen atoms in total. The first kappa shape index (κ1) is 14.9. The maximum absolute atomic E-state index is 12.7. The predicted molar refractivity (Wildman–Crippen MR) is 82.3 cm³/mol. The van der Waals surface area contributed by atoms with Gasteiger partial charge in [0.25, 0.3) is 10.0 Å². The molecule has 2 rings (SSSR count). The molecular weight excluding hydrogens is 286 g/mol. The molecule has 0 amide bonds. The van der Waals surface area contributed by atoms with Crippen LogP contribution in [-0.2, 0) is 10.0 Å². The number of para-hydroxylation sites is 1. The van der Waals surface area contributed by atoms with Crippen LogP contribution in [0.15, 0.2) is 47.4 Å². The molecule has 0 aliphatic rings. The zero-order valence-electron chi connectivity index (χ0n) is 11.7. The summed E-state index contributed by atoms with van der Waals surface area (Å²) in [6.45, 7) is 1.70. The minimum absolute atomic E-state index is 0.137. The zero-order chi connectivity index (χ0) is 15.6. The fourth-order valence-electron chi connectivity index (χ4n) is 2.01. The SMILES string of the molecule is Cc1ccc(N)cc1S(=O)(=O)N(C)c1ccccc1C#N. The first-order chi connectivity index (χ1) is 9.87. The number of nitrogens with two attached hydrogens (primary N) is 1. The van der Waals surface area contributed by atoms with E-state index in [0.717, 1.165) is 4.31 Å². The highest BCUT2D eigenvalue weighted by Crippen LogP contribution is 2.27. The lowest BCUT2D eigenvalue weighted by molar-refractivity contribution is 0.594. The van der Waals surface area contributed by atoms with Crippen LogP contribution in [0.3, 0.4) is 0 Å². The van der Waals surface area contributed by atoms with E-state index in [1.807, 2.05) is 6.07 Å². The first-order valence-electron chi connectivity index (χ1n) is 6.22. The lowest BCUT2D eigenvalue weighted by Crippen LogP contribution is -2.28. The van der Waals surface area contributed by atoms with Crippen molar-refractivity contribution in [1.82, 2.24) is 0 Å². The molecule has 0 spiro atoms. The maximum Gasteiger partial charge on any atom is 0.264 e. The molecule has 0 aromatic heterocycles. The van der Waals surface area contributed by atoms with E-state index in [4.69, 9.17) is 11.0 Å². The third-order valence-corrected chi connectivity index (χ3v) is 5.13. The third-order valence-electron chi connectivity index (χ3n) is 3.21. The molecule has 6 heteroatoms. The number of benzene rings is 2. The molecule has 0 bridgehead atoms. The highest BCUT2D eigenvalue weighted by atomic mass is 32.2. The van der Waals surface area contributed by atoms with Gasteiger partial charge >= 0.3 is 0 Å². The van der Waals surface area contributed by atoms with Crippen LogP contribution in [0, 0.1) is 18.3 Å². The summed E-state index contributed by atoms with van der Waals surface area (Å²) in [6, 6.07) is 13.3. The zero-order valence-corrected chi connectivity index (χ0v) is 12.6. The van der Waals surface area contributed by atoms with E-state index in [9.17, 15) is 8.42 Å². The largest absolute Gasteiger partial charge is 0.399 e. The highest BCUT2D eigenvalue weighted by Gasteiger charge is 2.25. The molecule has 0 saturated heterocycles. The molecule has 2 aromatic rings. The number of nitriles is 1. The second kappa shape index (κ2) is 5.46. The van der Waals surface area contributed by atoms with Crippen LogP contribution in [0.1, 0.15) is 11.1 Å². The molecule has 21 heavy (non-hydrogen) atoms. The van der Waals surface area contributed by atoms with Crippen molar-refractivity contribution in [2.24, 2.45) is 0 Å². The Morgan fingerprint density at radius 1 is 1.19 bits per heavy atom. The molecule has 0 heterocycles. The third kappa shape index (κ3) is 2.69. The van der Waals surface area contributed by atoms with Crippen molar-refractivity contribution in [3.63, 3.8) is 0 Å². The molecule has 108 valence electrons. The lowest BCUT2D eigenvalue weighted by atomic mass is 10.2. The van der Waals surface area contributed by atoms with Gasteiger partial charge in [-0.25, -0.2) is 8.42 Å². The Morgan fingerprint density at radius 3 is 2.52 bits per heavy atom. The summed E-state index contributed by atoms with van der Waals surface area (Å²) in [5, 5.41) is 9.11. The van der Waals surface area contributed by atoms with Crippen LogP contribution >= 0.6 is 0 Å². The van der Waals surface area contributed by atoms with E-state index in [1.54, 1.807) is 43.3 Å². The molecule has 0 unspecified atom stereocenters. The van der Waals surface area contributed by atoms with Crippen LogP contribution in [0.5, 0.6) is 0 Å². The Labute approximate surface area is 124 Å². The van der Waals surface area contributed by atoms with Gasteiger partial charge in [-0.05, 0) is 36.8 Å². The number of aryl methyl sites for hydroxylation is 1. The van der Waals surface area contributed by atoms with E-state index in [2.05, 4.69) is 0 Å². The topological polar surface area (TPSA) is 87.2 Å². The van der Waals surface area contributed by atoms with E-state index < -0.39 is 10.0 Å². The molecule has 2 N–H and O–H groups in total. The van der Waals surface area contributed by atoms with Gasteiger partial charge < -0.3 is 5.73 Å². The molecule has 2 aromatic carbocycles. The molecule has 0 saturated carbocycles. The van der Waals surface area contributed by atoms with E-state index in [0.29, 0.717) is 22.5 Å². The number of anilines is 2. The Balaban J connectivity index is 2.59. The van der Waals surface area contributed by atoms with Gasteiger partial charge in [-0.15, -0.1) is 0 Å². The van der Waals surface area contributed by atoms with Crippen molar-refractivity contribution >= 4 is 21.4 Å². The van der Waals surface area contributed by atoms with Crippen molar-refractivity contribution < 1.29 is 8.42 Å². The summed E-state index contributed by atoms with van der Waals surface area (Å²) in [5.41, 5.74) is 7.29. The van der Waals surface area contributed by atoms with Crippen LogP contribution in [0.25, 0.3) is 0 Å². The van der Waals surface area contributed by atoms with Gasteiger partial charge in [0.05, 0.1) is 16.1 Å². The Morgan fingerprint density at radius 2 is 1.86 bits per heavy atom. The number of sulfonamides is 1. The van der Waals surface area contributed by atoms with Gasteiger partial charge in [0.2, 0.25) is 0 Å². The van der Waals surface area contributed by atoms with Gasteiger partial charge in [0, 0.05) is 12.7 Å². The predicted octanol–water partition coefficient (Wildman–Crippen LogP) is 2.27. The van der Waals surface area contributed by atoms with Crippen molar-refractivity contribution in [2.45, 2.75) is 11.8 Å². The quantitative estimate of drug-likeness (QED) is 0.881. The lowest BCUT2D eigenvalue weighted by Gasteiger charge is -2.21. The second-order valence-corrected chi connectivity index (χ2v) is 6.56. The van der Waals surface area contributed by atoms with Gasteiger partial charge in [0.15, 0.2) is 0 Å². The van der Waals surface area contributed by atoms with Gasteiger partial charge in [-0.3, -0.25) is 4.31 Å². The fourth-order valence-corrected chi connectivity index (χ4v) is 3.49. The van der Waals surface area contributed by atoms with Crippen molar-refractivity contribution in [3.05, 3.63) is 53.6 Å². The van der Waals surface area contributed by atoms with Crippen LogP contribution in [0.2, 0.25) is 0 Å². The van der Waals surface area contributed by atoms with Gasteiger partial charge in [-0.2, -0.15) is 5.26 Å². The van der Waals surface area contributed by atoms with Crippen LogP contribution in [0.4, 0.5) is 11.4 Å². The number of nitrogen functional groups attached to an aromatic ring is 1. The smallest absolute Gasteiger partial charge is 0.264 e. The summed E-state index contributed by atoms with van der Waals surface area (Å²) in [4.78, 5) is 0.137. The van der Waals surface area contributed by atoms with Gasteiger partial charge in [-0.1, -0.05) is 18.2 Å². The molecule has 0 atom stereocenters. The Kier molecular flexibility index (Phi) is 3.87. The number of nitrogens with zero attached hydrogens (tertiary/aromatic N) is 2. The summed E-state index contributed by atoms with van der Waals surface area (Å²) >= 11 is 0. The van der Waals surface area contributed by atoms with Crippen LogP contribution < -0.4 is 10.0 Å². The van der Waals surface area contributed by atoms with Crippen LogP contribution in [-0.4, -0.2) is 15.5 Å². The molecular formula is C15H15N3O2S. The number of rotatable bonds is 3. The van der Waals surface area contributed by atoms with Gasteiger partial charge in [0.1, 0.15) is 6.07 Å². The molecule has 0 aliphatic carbocycles. The van der Waals surface area contributed by atoms with Crippen molar-refractivity contribution in [2.75, 3.05) is 17.1 Å². The molecule has 0 aliphatic heterocycles. The summed E-state index contributed by atoms with van der Waals surface area (Å²) in [5.74, 6) is 0. The van der Waals surface area contributed by atoms with E-state index in [1.165, 1.54) is 13.1 Å². The minimum atomic E-state index is -3.78. The Hall–Kier alpha value is -2.52. The standard InChI is InChI=1S/C15H15N3O2S/c1-11-7-8-13(17)9-15(11)21(19,20)18(2)14-6-4-3-5-12(14)10-16/h3-9H,17H2,1-2H3. The maximum atomic E-state index is 12.7. The monoisotopic (exact) mass is 301 g/mol. The van der Waals surface area contributed by atoms with E-state index >= 15 is 0 Å². The van der Waals surface area contributed by atoms with Crippen molar-refractivity contribution in [3.8, 4) is 6.07 Å². The summed E-state index contributed by atoms with van der Waals surface area (Å²) in [7, 11) is -2.35.